The molecule has 4 nitrogen and oxygen atoms in total. The van der Waals surface area contributed by atoms with Crippen LogP contribution in [0.15, 0.2) is 24.3 Å². The van der Waals surface area contributed by atoms with Crippen LogP contribution in [0.5, 0.6) is 0 Å². The molecule has 0 N–H and O–H groups in total. The van der Waals surface area contributed by atoms with Crippen molar-refractivity contribution in [2.75, 3.05) is 24.5 Å². The zero-order valence-corrected chi connectivity index (χ0v) is 14.8. The van der Waals surface area contributed by atoms with Gasteiger partial charge in [-0.15, -0.1) is 0 Å². The molecule has 2 rings (SSSR count). The van der Waals surface area contributed by atoms with E-state index in [1.54, 1.807) is 0 Å². The van der Waals surface area contributed by atoms with Crippen LogP contribution >= 0.6 is 0 Å². The molecule has 1 aliphatic heterocycles. The van der Waals surface area contributed by atoms with Crippen LogP contribution in [0.1, 0.15) is 52.5 Å². The zero-order valence-electron chi connectivity index (χ0n) is 14.8. The normalized spacial score (nSPS) is 16.2. The van der Waals surface area contributed by atoms with Crippen molar-refractivity contribution in [1.82, 2.24) is 4.90 Å². The summed E-state index contributed by atoms with van der Waals surface area (Å²) < 4.78 is 0. The van der Waals surface area contributed by atoms with Gasteiger partial charge in [-0.2, -0.15) is 0 Å². The van der Waals surface area contributed by atoms with Crippen LogP contribution in [0.25, 0.3) is 0 Å². The van der Waals surface area contributed by atoms with Gasteiger partial charge in [-0.25, -0.2) is 0 Å². The van der Waals surface area contributed by atoms with E-state index in [0.717, 1.165) is 18.8 Å². The number of rotatable bonds is 6. The van der Waals surface area contributed by atoms with E-state index < -0.39 is 0 Å². The quantitative estimate of drug-likeness (QED) is 0.807. The summed E-state index contributed by atoms with van der Waals surface area (Å²) in [5.41, 5.74) is 2.10. The summed E-state index contributed by atoms with van der Waals surface area (Å²) in [6, 6.07) is 8.12. The number of fused-ring (bicyclic) bond motifs is 1. The summed E-state index contributed by atoms with van der Waals surface area (Å²) in [5, 5.41) is 0. The molecule has 1 aromatic carbocycles. The summed E-state index contributed by atoms with van der Waals surface area (Å²) in [5.74, 6) is 0.331. The molecule has 0 radical (unpaired) electrons. The molecule has 2 amide bonds. The molecular weight excluding hydrogens is 288 g/mol. The summed E-state index contributed by atoms with van der Waals surface area (Å²) in [6.07, 6.45) is 1.72. The Morgan fingerprint density at radius 3 is 2.52 bits per heavy atom. The lowest BCUT2D eigenvalue weighted by Crippen LogP contribution is -2.42. The fourth-order valence-corrected chi connectivity index (χ4v) is 3.35. The van der Waals surface area contributed by atoms with Crippen molar-refractivity contribution in [1.29, 1.82) is 0 Å². The lowest BCUT2D eigenvalue weighted by atomic mass is 9.77. The van der Waals surface area contributed by atoms with Gasteiger partial charge in [0.15, 0.2) is 0 Å². The maximum Gasteiger partial charge on any atom is 0.227 e. The fraction of sp³-hybridized carbons (Fsp3) is 0.579. The molecule has 1 heterocycles. The van der Waals surface area contributed by atoms with Crippen LogP contribution < -0.4 is 4.90 Å². The second kappa shape index (κ2) is 7.16. The van der Waals surface area contributed by atoms with E-state index in [0.29, 0.717) is 25.8 Å². The first-order valence-electron chi connectivity index (χ1n) is 8.58. The van der Waals surface area contributed by atoms with Gasteiger partial charge in [-0.1, -0.05) is 32.0 Å². The number of benzene rings is 1. The smallest absolute Gasteiger partial charge is 0.227 e. The Kier molecular flexibility index (Phi) is 5.45. The molecule has 23 heavy (non-hydrogen) atoms. The monoisotopic (exact) mass is 316 g/mol. The molecule has 0 spiro atoms. The topological polar surface area (TPSA) is 40.6 Å². The molecule has 0 saturated carbocycles. The highest BCUT2D eigenvalue weighted by Crippen LogP contribution is 2.39. The molecule has 0 bridgehead atoms. The van der Waals surface area contributed by atoms with Crippen molar-refractivity contribution in [2.24, 2.45) is 0 Å². The summed E-state index contributed by atoms with van der Waals surface area (Å²) in [7, 11) is 0. The first-order valence-corrected chi connectivity index (χ1v) is 8.58. The number of hydrogen-bond donors (Lipinski definition) is 0. The first-order chi connectivity index (χ1) is 10.9. The van der Waals surface area contributed by atoms with Crippen LogP contribution in [0, 0.1) is 0 Å². The van der Waals surface area contributed by atoms with Crippen LogP contribution in [-0.4, -0.2) is 36.3 Å². The number of para-hydroxylation sites is 1. The molecule has 0 fully saturated rings. The van der Waals surface area contributed by atoms with Gasteiger partial charge in [0.25, 0.3) is 0 Å². The molecule has 1 aromatic rings. The number of amides is 2. The van der Waals surface area contributed by atoms with Crippen molar-refractivity contribution < 1.29 is 9.59 Å². The van der Waals surface area contributed by atoms with E-state index in [9.17, 15) is 9.59 Å². The van der Waals surface area contributed by atoms with E-state index in [1.165, 1.54) is 5.56 Å². The molecule has 4 heteroatoms. The van der Waals surface area contributed by atoms with Gasteiger partial charge >= 0.3 is 0 Å². The molecule has 0 aliphatic carbocycles. The van der Waals surface area contributed by atoms with Crippen LogP contribution in [0.3, 0.4) is 0 Å². The maximum absolute atomic E-state index is 12.5. The standard InChI is InChI=1S/C19H28N2O2/c1-5-20(6-2)17(22)12-9-13-21-16-11-8-7-10-15(16)19(3,4)14-18(21)23/h7-8,10-11H,5-6,9,12-14H2,1-4H3. The van der Waals surface area contributed by atoms with Gasteiger partial charge in [0.1, 0.15) is 0 Å². The van der Waals surface area contributed by atoms with Crippen LogP contribution in [-0.2, 0) is 15.0 Å². The predicted octanol–water partition coefficient (Wildman–Crippen LogP) is 3.35. The predicted molar refractivity (Wildman–Crippen MR) is 93.6 cm³/mol. The average molecular weight is 316 g/mol. The fourth-order valence-electron chi connectivity index (χ4n) is 3.35. The van der Waals surface area contributed by atoms with Crippen molar-refractivity contribution in [3.05, 3.63) is 29.8 Å². The van der Waals surface area contributed by atoms with Crippen molar-refractivity contribution in [2.45, 2.75) is 52.4 Å². The Bertz CT molecular complexity index is 576. The number of carbonyl (C=O) groups excluding carboxylic acids is 2. The minimum atomic E-state index is -0.124. The van der Waals surface area contributed by atoms with Crippen LogP contribution in [0.4, 0.5) is 5.69 Å². The third-order valence-electron chi connectivity index (χ3n) is 4.71. The third-order valence-corrected chi connectivity index (χ3v) is 4.71. The Morgan fingerprint density at radius 1 is 1.22 bits per heavy atom. The largest absolute Gasteiger partial charge is 0.343 e. The lowest BCUT2D eigenvalue weighted by molar-refractivity contribution is -0.131. The Morgan fingerprint density at radius 2 is 1.87 bits per heavy atom. The number of nitrogens with zero attached hydrogens (tertiary/aromatic N) is 2. The molecular formula is C19H28N2O2. The summed E-state index contributed by atoms with van der Waals surface area (Å²) >= 11 is 0. The molecule has 1 aliphatic rings. The number of anilines is 1. The average Bonchev–Trinajstić information content (AvgIpc) is 2.51. The van der Waals surface area contributed by atoms with Crippen LogP contribution in [0.2, 0.25) is 0 Å². The van der Waals surface area contributed by atoms with Gasteiger partial charge in [0, 0.05) is 43.6 Å². The van der Waals surface area contributed by atoms with E-state index in [2.05, 4.69) is 19.9 Å². The van der Waals surface area contributed by atoms with Gasteiger partial charge in [0.05, 0.1) is 0 Å². The SMILES string of the molecule is CCN(CC)C(=O)CCCN1C(=O)CC(C)(C)c2ccccc21. The molecule has 0 atom stereocenters. The third kappa shape index (κ3) is 3.74. The Balaban J connectivity index is 2.06. The molecule has 0 unspecified atom stereocenters. The Labute approximate surface area is 139 Å². The number of carbonyl (C=O) groups is 2. The minimum absolute atomic E-state index is 0.124. The van der Waals surface area contributed by atoms with E-state index in [1.807, 2.05) is 41.8 Å². The molecule has 0 aromatic heterocycles. The summed E-state index contributed by atoms with van der Waals surface area (Å²) in [6.45, 7) is 10.3. The number of hydrogen-bond acceptors (Lipinski definition) is 2. The van der Waals surface area contributed by atoms with Gasteiger partial charge in [0.2, 0.25) is 11.8 Å². The maximum atomic E-state index is 12.5. The van der Waals surface area contributed by atoms with E-state index in [4.69, 9.17) is 0 Å². The molecule has 126 valence electrons. The first kappa shape index (κ1) is 17.5. The zero-order chi connectivity index (χ0) is 17.0. The van der Waals surface area contributed by atoms with Crippen molar-refractivity contribution >= 4 is 17.5 Å². The van der Waals surface area contributed by atoms with Crippen molar-refractivity contribution in [3.8, 4) is 0 Å². The second-order valence-corrected chi connectivity index (χ2v) is 6.79. The Hall–Kier alpha value is -1.84. The second-order valence-electron chi connectivity index (χ2n) is 6.79. The van der Waals surface area contributed by atoms with Crippen molar-refractivity contribution in [3.63, 3.8) is 0 Å². The highest BCUT2D eigenvalue weighted by Gasteiger charge is 2.36. The molecule has 0 saturated heterocycles. The highest BCUT2D eigenvalue weighted by molar-refractivity contribution is 5.97. The van der Waals surface area contributed by atoms with Gasteiger partial charge in [-0.05, 0) is 31.9 Å². The summed E-state index contributed by atoms with van der Waals surface area (Å²) in [4.78, 5) is 28.3. The van der Waals surface area contributed by atoms with E-state index in [-0.39, 0.29) is 17.2 Å². The van der Waals surface area contributed by atoms with Gasteiger partial charge in [-0.3, -0.25) is 9.59 Å². The lowest BCUT2D eigenvalue weighted by Gasteiger charge is -2.38. The van der Waals surface area contributed by atoms with Gasteiger partial charge < -0.3 is 9.80 Å². The van der Waals surface area contributed by atoms with E-state index >= 15 is 0 Å². The highest BCUT2D eigenvalue weighted by atomic mass is 16.2. The minimum Gasteiger partial charge on any atom is -0.343 e.